The molecule has 0 unspecified atom stereocenters. The molecule has 0 aromatic heterocycles. The fourth-order valence-corrected chi connectivity index (χ4v) is 1.87. The maximum absolute atomic E-state index is 3.37. The van der Waals surface area contributed by atoms with Gasteiger partial charge in [-0.1, -0.05) is 0 Å². The molecule has 2 aliphatic rings. The maximum Gasteiger partial charge on any atom is 0.0259 e. The molecule has 0 spiro atoms. The molecule has 2 heterocycles. The van der Waals surface area contributed by atoms with Crippen molar-refractivity contribution in [3.8, 4) is 0 Å². The average Bonchev–Trinajstić information content (AvgIpc) is 2.21. The molecule has 70 valence electrons. The van der Waals surface area contributed by atoms with Gasteiger partial charge in [-0.3, -0.25) is 0 Å². The normalized spacial score (nSPS) is 29.0. The lowest BCUT2D eigenvalue weighted by Crippen LogP contribution is -2.57. The Balaban J connectivity index is 1.80. The summed E-state index contributed by atoms with van der Waals surface area (Å²) >= 11 is 0. The summed E-state index contributed by atoms with van der Waals surface area (Å²) in [4.78, 5) is 0. The first kappa shape index (κ1) is 8.44. The zero-order valence-electron chi connectivity index (χ0n) is 7.55. The van der Waals surface area contributed by atoms with Crippen molar-refractivity contribution in [2.24, 2.45) is 0 Å². The van der Waals surface area contributed by atoms with Crippen LogP contribution >= 0.6 is 0 Å². The molecule has 2 aliphatic heterocycles. The third-order valence-electron chi connectivity index (χ3n) is 2.59. The highest BCUT2D eigenvalue weighted by Gasteiger charge is 2.18. The quantitative estimate of drug-likeness (QED) is 0.513. The largest absolute Gasteiger partial charge is 0.314 e. The van der Waals surface area contributed by atoms with Crippen molar-refractivity contribution >= 4 is 0 Å². The monoisotopic (exact) mass is 170 g/mol. The third kappa shape index (κ3) is 1.95. The number of piperazine rings is 2. The van der Waals surface area contributed by atoms with Crippen LogP contribution in [0.1, 0.15) is 0 Å². The van der Waals surface area contributed by atoms with Crippen LogP contribution in [0.25, 0.3) is 0 Å². The lowest BCUT2D eigenvalue weighted by atomic mass is 10.4. The van der Waals surface area contributed by atoms with E-state index in [1.54, 1.807) is 0 Å². The zero-order valence-corrected chi connectivity index (χ0v) is 7.55. The summed E-state index contributed by atoms with van der Waals surface area (Å²) in [5, 5.41) is 11.7. The van der Waals surface area contributed by atoms with Gasteiger partial charge in [0, 0.05) is 52.4 Å². The van der Waals surface area contributed by atoms with E-state index >= 15 is 0 Å². The van der Waals surface area contributed by atoms with Crippen LogP contribution in [0.5, 0.6) is 0 Å². The molecule has 0 bridgehead atoms. The molecule has 0 atom stereocenters. The van der Waals surface area contributed by atoms with Gasteiger partial charge in [0.2, 0.25) is 0 Å². The number of hydrogen-bond acceptors (Lipinski definition) is 4. The molecule has 2 rings (SSSR count). The molecule has 2 saturated heterocycles. The predicted molar refractivity (Wildman–Crippen MR) is 48.9 cm³/mol. The van der Waals surface area contributed by atoms with Crippen LogP contribution in [0.2, 0.25) is 0 Å². The van der Waals surface area contributed by atoms with Gasteiger partial charge in [0.15, 0.2) is 0 Å². The summed E-state index contributed by atoms with van der Waals surface area (Å²) in [7, 11) is 0. The van der Waals surface area contributed by atoms with Crippen molar-refractivity contribution in [2.75, 3.05) is 52.4 Å². The van der Waals surface area contributed by atoms with Crippen LogP contribution < -0.4 is 10.6 Å². The van der Waals surface area contributed by atoms with Gasteiger partial charge in [-0.2, -0.15) is 0 Å². The van der Waals surface area contributed by atoms with E-state index in [0.717, 1.165) is 26.2 Å². The van der Waals surface area contributed by atoms with Gasteiger partial charge < -0.3 is 10.6 Å². The molecular formula is C8H18N4. The van der Waals surface area contributed by atoms with E-state index in [-0.39, 0.29) is 0 Å². The molecule has 0 saturated carbocycles. The Morgan fingerprint density at radius 2 is 0.917 bits per heavy atom. The van der Waals surface area contributed by atoms with Crippen LogP contribution in [-0.2, 0) is 0 Å². The molecule has 4 heteroatoms. The molecule has 2 fully saturated rings. The van der Waals surface area contributed by atoms with Gasteiger partial charge in [-0.25, -0.2) is 10.0 Å². The van der Waals surface area contributed by atoms with Gasteiger partial charge in [-0.15, -0.1) is 0 Å². The summed E-state index contributed by atoms with van der Waals surface area (Å²) in [5.41, 5.74) is 0. The van der Waals surface area contributed by atoms with Crippen molar-refractivity contribution < 1.29 is 0 Å². The molecular weight excluding hydrogens is 152 g/mol. The predicted octanol–water partition coefficient (Wildman–Crippen LogP) is -1.29. The van der Waals surface area contributed by atoms with Crippen LogP contribution in [0.4, 0.5) is 0 Å². The molecule has 0 radical (unpaired) electrons. The smallest absolute Gasteiger partial charge is 0.0259 e. The topological polar surface area (TPSA) is 30.5 Å². The van der Waals surface area contributed by atoms with Gasteiger partial charge in [0.05, 0.1) is 0 Å². The molecule has 0 aromatic carbocycles. The van der Waals surface area contributed by atoms with E-state index in [2.05, 4.69) is 20.7 Å². The molecule has 0 aliphatic carbocycles. The van der Waals surface area contributed by atoms with Gasteiger partial charge >= 0.3 is 0 Å². The number of rotatable bonds is 1. The van der Waals surface area contributed by atoms with E-state index in [9.17, 15) is 0 Å². The Morgan fingerprint density at radius 3 is 1.25 bits per heavy atom. The number of hydrazine groups is 1. The van der Waals surface area contributed by atoms with E-state index in [1.807, 2.05) is 0 Å². The number of nitrogens with one attached hydrogen (secondary N) is 2. The van der Waals surface area contributed by atoms with Crippen molar-refractivity contribution in [2.45, 2.75) is 0 Å². The van der Waals surface area contributed by atoms with E-state index in [1.165, 1.54) is 26.2 Å². The Labute approximate surface area is 73.9 Å². The lowest BCUT2D eigenvalue weighted by Gasteiger charge is -2.39. The Bertz CT molecular complexity index is 111. The summed E-state index contributed by atoms with van der Waals surface area (Å²) < 4.78 is 0. The van der Waals surface area contributed by atoms with E-state index in [4.69, 9.17) is 0 Å². The number of nitrogens with zero attached hydrogens (tertiary/aromatic N) is 2. The second kappa shape index (κ2) is 4.18. The van der Waals surface area contributed by atoms with Gasteiger partial charge in [0.25, 0.3) is 0 Å². The molecule has 0 aromatic rings. The van der Waals surface area contributed by atoms with Crippen molar-refractivity contribution in [3.63, 3.8) is 0 Å². The number of hydrogen-bond donors (Lipinski definition) is 2. The molecule has 0 amide bonds. The Hall–Kier alpha value is -0.160. The van der Waals surface area contributed by atoms with Crippen LogP contribution in [0.3, 0.4) is 0 Å². The zero-order chi connectivity index (χ0) is 8.23. The minimum absolute atomic E-state index is 1.14. The van der Waals surface area contributed by atoms with Crippen LogP contribution in [0, 0.1) is 0 Å². The first-order valence-electron chi connectivity index (χ1n) is 4.88. The maximum atomic E-state index is 3.37. The second-order valence-corrected chi connectivity index (χ2v) is 3.41. The van der Waals surface area contributed by atoms with Crippen molar-refractivity contribution in [3.05, 3.63) is 0 Å². The average molecular weight is 170 g/mol. The highest BCUT2D eigenvalue weighted by Crippen LogP contribution is 2.01. The summed E-state index contributed by atoms with van der Waals surface area (Å²) in [6.07, 6.45) is 0. The standard InChI is InChI=1S/C8H18N4/c1-5-11(6-2-9-1)12-7-3-10-4-8-12/h9-10H,1-8H2. The fraction of sp³-hybridized carbons (Fsp3) is 1.00. The SMILES string of the molecule is C1CN(N2CCNCC2)CCN1. The summed E-state index contributed by atoms with van der Waals surface area (Å²) in [6.45, 7) is 9.29. The highest BCUT2D eigenvalue weighted by molar-refractivity contribution is 4.71. The Kier molecular flexibility index (Phi) is 2.94. The van der Waals surface area contributed by atoms with Crippen LogP contribution in [-0.4, -0.2) is 62.4 Å². The van der Waals surface area contributed by atoms with Gasteiger partial charge in [-0.05, 0) is 0 Å². The second-order valence-electron chi connectivity index (χ2n) is 3.41. The van der Waals surface area contributed by atoms with E-state index in [0.29, 0.717) is 0 Å². The van der Waals surface area contributed by atoms with E-state index < -0.39 is 0 Å². The Morgan fingerprint density at radius 1 is 0.583 bits per heavy atom. The minimum Gasteiger partial charge on any atom is -0.314 e. The third-order valence-corrected chi connectivity index (χ3v) is 2.59. The fourth-order valence-electron chi connectivity index (χ4n) is 1.87. The lowest BCUT2D eigenvalue weighted by molar-refractivity contribution is -0.0417. The van der Waals surface area contributed by atoms with Crippen molar-refractivity contribution in [1.82, 2.24) is 20.7 Å². The molecule has 12 heavy (non-hydrogen) atoms. The summed E-state index contributed by atoms with van der Waals surface area (Å²) in [6, 6.07) is 0. The minimum atomic E-state index is 1.14. The van der Waals surface area contributed by atoms with Crippen molar-refractivity contribution in [1.29, 1.82) is 0 Å². The first-order chi connectivity index (χ1) is 5.97. The highest BCUT2D eigenvalue weighted by atomic mass is 15.6. The van der Waals surface area contributed by atoms with Gasteiger partial charge in [0.1, 0.15) is 0 Å². The molecule has 4 nitrogen and oxygen atoms in total. The summed E-state index contributed by atoms with van der Waals surface area (Å²) in [5.74, 6) is 0. The van der Waals surface area contributed by atoms with Crippen LogP contribution in [0.15, 0.2) is 0 Å². The molecule has 2 N–H and O–H groups in total. The first-order valence-corrected chi connectivity index (χ1v) is 4.88.